The van der Waals surface area contributed by atoms with Crippen LogP contribution in [0.2, 0.25) is 0 Å². The molecule has 166 valence electrons. The molecule has 3 N–H and O–H groups in total. The van der Waals surface area contributed by atoms with Crippen LogP contribution in [0.3, 0.4) is 0 Å². The first kappa shape index (κ1) is 28.3. The fourth-order valence-corrected chi connectivity index (χ4v) is 4.47. The van der Waals surface area contributed by atoms with E-state index in [9.17, 15) is 10.2 Å². The van der Waals surface area contributed by atoms with Gasteiger partial charge in [0.1, 0.15) is 0 Å². The largest absolute Gasteiger partial charge is 0.477 e. The zero-order chi connectivity index (χ0) is 18.7. The molecule has 0 radical (unpaired) electrons. The summed E-state index contributed by atoms with van der Waals surface area (Å²) in [5.41, 5.74) is 1.63. The second kappa shape index (κ2) is 12.2. The number of thiazole rings is 1. The van der Waals surface area contributed by atoms with Crippen molar-refractivity contribution in [2.24, 2.45) is 5.41 Å². The highest BCUT2D eigenvalue weighted by atomic mass is 35.5. The molecule has 0 bridgehead atoms. The topological polar surface area (TPSA) is 87.5 Å². The number of halogens is 3. The molecular weight excluding hydrogens is 457 g/mol. The van der Waals surface area contributed by atoms with Crippen LogP contribution in [0, 0.1) is 26.2 Å². The first-order valence-electron chi connectivity index (χ1n) is 8.93. The van der Waals surface area contributed by atoms with E-state index >= 15 is 0 Å². The van der Waals surface area contributed by atoms with Crippen LogP contribution in [0.15, 0.2) is 18.2 Å². The Morgan fingerprint density at radius 1 is 1.10 bits per heavy atom. The Balaban J connectivity index is 0.00000261. The molecule has 0 aromatic carbocycles. The number of pyridine rings is 1. The molecular formula is C19H30Cl3N3O3S. The van der Waals surface area contributed by atoms with Crippen LogP contribution in [-0.2, 0) is 6.54 Å². The van der Waals surface area contributed by atoms with Gasteiger partial charge in [-0.15, -0.1) is 48.6 Å². The number of hydrogen-bond donors (Lipinski definition) is 3. The molecule has 29 heavy (non-hydrogen) atoms. The van der Waals surface area contributed by atoms with Crippen molar-refractivity contribution in [3.05, 3.63) is 39.5 Å². The van der Waals surface area contributed by atoms with Gasteiger partial charge in [0, 0.05) is 35.1 Å². The van der Waals surface area contributed by atoms with E-state index in [0.717, 1.165) is 22.9 Å². The van der Waals surface area contributed by atoms with Crippen molar-refractivity contribution in [2.75, 3.05) is 13.2 Å². The van der Waals surface area contributed by atoms with Crippen LogP contribution in [0.25, 0.3) is 0 Å². The van der Waals surface area contributed by atoms with Gasteiger partial charge in [-0.1, -0.05) is 6.07 Å². The Kier molecular flexibility index (Phi) is 12.0. The Labute approximate surface area is 194 Å². The Bertz CT molecular complexity index is 753. The van der Waals surface area contributed by atoms with Gasteiger partial charge < -0.3 is 20.3 Å². The molecule has 6 nitrogen and oxygen atoms in total. The molecule has 0 amide bonds. The number of aliphatic hydroxyl groups excluding tert-OH is 2. The lowest BCUT2D eigenvalue weighted by atomic mass is 9.86. The van der Waals surface area contributed by atoms with Crippen molar-refractivity contribution in [2.45, 2.75) is 52.4 Å². The summed E-state index contributed by atoms with van der Waals surface area (Å²) in [5.74, 6) is 0.578. The van der Waals surface area contributed by atoms with Crippen molar-refractivity contribution in [1.82, 2.24) is 15.3 Å². The number of hydrogen-bond acceptors (Lipinski definition) is 7. The molecule has 2 aromatic rings. The minimum atomic E-state index is -0.710. The van der Waals surface area contributed by atoms with Gasteiger partial charge in [0.15, 0.2) is 0 Å². The lowest BCUT2D eigenvalue weighted by Gasteiger charge is -2.29. The van der Waals surface area contributed by atoms with Crippen LogP contribution >= 0.6 is 48.6 Å². The second-order valence-electron chi connectivity index (χ2n) is 7.29. The maximum absolute atomic E-state index is 10.1. The van der Waals surface area contributed by atoms with Gasteiger partial charge in [-0.25, -0.2) is 9.97 Å². The average Bonchev–Trinajstić information content (AvgIpc) is 3.05. The third-order valence-electron chi connectivity index (χ3n) is 4.90. The number of ether oxygens (including phenoxy) is 1. The number of nitrogens with one attached hydrogen (secondary N) is 1. The third kappa shape index (κ3) is 7.51. The summed E-state index contributed by atoms with van der Waals surface area (Å²) in [6.45, 7) is 7.75. The molecule has 2 aromatic heterocycles. The lowest BCUT2D eigenvalue weighted by Crippen LogP contribution is -2.38. The quantitative estimate of drug-likeness (QED) is 0.556. The van der Waals surface area contributed by atoms with Crippen molar-refractivity contribution in [1.29, 1.82) is 0 Å². The van der Waals surface area contributed by atoms with E-state index in [0.29, 0.717) is 31.9 Å². The smallest absolute Gasteiger partial charge is 0.213 e. The van der Waals surface area contributed by atoms with Crippen LogP contribution < -0.4 is 10.1 Å². The van der Waals surface area contributed by atoms with Gasteiger partial charge in [-0.2, -0.15) is 0 Å². The van der Waals surface area contributed by atoms with Gasteiger partial charge in [-0.05, 0) is 39.7 Å². The van der Waals surface area contributed by atoms with E-state index in [-0.39, 0.29) is 42.6 Å². The normalized spacial score (nSPS) is 22.9. The summed E-state index contributed by atoms with van der Waals surface area (Å²) in [4.78, 5) is 10.0. The molecule has 0 spiro atoms. The lowest BCUT2D eigenvalue weighted by molar-refractivity contribution is 0.0438. The highest BCUT2D eigenvalue weighted by molar-refractivity contribution is 7.11. The van der Waals surface area contributed by atoms with Crippen molar-refractivity contribution in [3.8, 4) is 5.88 Å². The minimum absolute atomic E-state index is 0. The monoisotopic (exact) mass is 485 g/mol. The maximum atomic E-state index is 10.1. The zero-order valence-electron chi connectivity index (χ0n) is 16.8. The number of aliphatic hydroxyl groups is 2. The summed E-state index contributed by atoms with van der Waals surface area (Å²) in [5, 5.41) is 24.7. The van der Waals surface area contributed by atoms with Gasteiger partial charge >= 0.3 is 0 Å². The maximum Gasteiger partial charge on any atom is 0.213 e. The Hall–Kier alpha value is -0.670. The van der Waals surface area contributed by atoms with E-state index in [1.54, 1.807) is 11.3 Å². The predicted molar refractivity (Wildman–Crippen MR) is 123 cm³/mol. The standard InChI is InChI=1S/C19H27N3O3S.3ClH/c1-12-5-4-6-18(21-12)25-11-19(7-15(23)16(24)8-19)10-20-9-17-13(2)22-14(3)26-17;;;/h4-6,15-16,20,23-24H,7-11H2,1-3H3;3*1H/t15-,16+,19?;;;. The third-order valence-corrected chi connectivity index (χ3v) is 5.98. The molecule has 1 unspecified atom stereocenters. The Morgan fingerprint density at radius 3 is 2.31 bits per heavy atom. The van der Waals surface area contributed by atoms with Crippen LogP contribution in [0.4, 0.5) is 0 Å². The molecule has 10 heteroatoms. The van der Waals surface area contributed by atoms with Crippen LogP contribution in [0.5, 0.6) is 5.88 Å². The summed E-state index contributed by atoms with van der Waals surface area (Å²) in [6, 6.07) is 5.67. The molecule has 0 aliphatic heterocycles. The summed E-state index contributed by atoms with van der Waals surface area (Å²) >= 11 is 1.70. The van der Waals surface area contributed by atoms with E-state index in [4.69, 9.17) is 4.74 Å². The number of aryl methyl sites for hydroxylation is 3. The first-order chi connectivity index (χ1) is 12.4. The minimum Gasteiger partial charge on any atom is -0.477 e. The highest BCUT2D eigenvalue weighted by Crippen LogP contribution is 2.38. The molecule has 3 atom stereocenters. The predicted octanol–water partition coefficient (Wildman–Crippen LogP) is 3.40. The van der Waals surface area contributed by atoms with Gasteiger partial charge in [0.25, 0.3) is 0 Å². The van der Waals surface area contributed by atoms with E-state index in [1.807, 2.05) is 39.0 Å². The van der Waals surface area contributed by atoms with Crippen molar-refractivity contribution >= 4 is 48.6 Å². The molecule has 1 aliphatic carbocycles. The van der Waals surface area contributed by atoms with Crippen molar-refractivity contribution < 1.29 is 14.9 Å². The number of aromatic nitrogens is 2. The van der Waals surface area contributed by atoms with Crippen molar-refractivity contribution in [3.63, 3.8) is 0 Å². The van der Waals surface area contributed by atoms with Crippen LogP contribution in [0.1, 0.15) is 34.1 Å². The number of rotatable bonds is 7. The molecule has 3 rings (SSSR count). The molecule has 2 heterocycles. The summed E-state index contributed by atoms with van der Waals surface area (Å²) in [7, 11) is 0. The molecule has 1 saturated carbocycles. The molecule has 0 saturated heterocycles. The fraction of sp³-hybridized carbons (Fsp3) is 0.579. The SMILES string of the molecule is Cc1cccc(OCC2(CNCc3sc(C)nc3C)C[C@@H](O)[C@@H](O)C2)n1.Cl.Cl.Cl. The van der Waals surface area contributed by atoms with E-state index in [1.165, 1.54) is 4.88 Å². The molecule has 1 fully saturated rings. The fourth-order valence-electron chi connectivity index (χ4n) is 3.56. The second-order valence-corrected chi connectivity index (χ2v) is 8.58. The average molecular weight is 487 g/mol. The Morgan fingerprint density at radius 2 is 1.76 bits per heavy atom. The summed E-state index contributed by atoms with van der Waals surface area (Å²) in [6.07, 6.45) is -0.405. The van der Waals surface area contributed by atoms with E-state index in [2.05, 4.69) is 15.3 Å². The highest BCUT2D eigenvalue weighted by Gasteiger charge is 2.44. The van der Waals surface area contributed by atoms with E-state index < -0.39 is 12.2 Å². The van der Waals surface area contributed by atoms with Gasteiger partial charge in [-0.3, -0.25) is 0 Å². The first-order valence-corrected chi connectivity index (χ1v) is 9.75. The number of nitrogens with zero attached hydrogens (tertiary/aromatic N) is 2. The van der Waals surface area contributed by atoms with Gasteiger partial charge in [0.05, 0.1) is 29.5 Å². The van der Waals surface area contributed by atoms with Crippen LogP contribution in [-0.4, -0.2) is 45.5 Å². The zero-order valence-corrected chi connectivity index (χ0v) is 20.0. The molecule has 1 aliphatic rings. The summed E-state index contributed by atoms with van der Waals surface area (Å²) < 4.78 is 5.92. The van der Waals surface area contributed by atoms with Gasteiger partial charge in [0.2, 0.25) is 5.88 Å².